The van der Waals surface area contributed by atoms with Crippen molar-refractivity contribution in [2.24, 2.45) is 5.84 Å². The minimum Gasteiger partial charge on any atom is -0.271 e. The fourth-order valence-electron chi connectivity index (χ4n) is 2.06. The van der Waals surface area contributed by atoms with Gasteiger partial charge in [-0.15, -0.1) is 0 Å². The third-order valence-electron chi connectivity index (χ3n) is 2.97. The van der Waals surface area contributed by atoms with Crippen LogP contribution in [-0.2, 0) is 6.42 Å². The van der Waals surface area contributed by atoms with Crippen LogP contribution in [0, 0.1) is 6.92 Å². The van der Waals surface area contributed by atoms with Gasteiger partial charge in [0.05, 0.1) is 0 Å². The molecule has 0 aliphatic heterocycles. The molecule has 3 heteroatoms. The molecule has 0 heterocycles. The van der Waals surface area contributed by atoms with Gasteiger partial charge < -0.3 is 0 Å². The lowest BCUT2D eigenvalue weighted by molar-refractivity contribution is 0.551. The fraction of sp³-hybridized carbons (Fsp3) is 0.200. The molecule has 0 aliphatic carbocycles. The van der Waals surface area contributed by atoms with Crippen LogP contribution in [0.25, 0.3) is 0 Å². The van der Waals surface area contributed by atoms with Gasteiger partial charge in [-0.2, -0.15) is 0 Å². The number of hydrazine groups is 1. The Kier molecular flexibility index (Phi) is 4.37. The smallest absolute Gasteiger partial charge is 0.0500 e. The van der Waals surface area contributed by atoms with Gasteiger partial charge in [0.15, 0.2) is 0 Å². The van der Waals surface area contributed by atoms with E-state index in [-0.39, 0.29) is 6.04 Å². The molecule has 0 spiro atoms. The summed E-state index contributed by atoms with van der Waals surface area (Å²) in [4.78, 5) is 0. The summed E-state index contributed by atoms with van der Waals surface area (Å²) in [6.45, 7) is 2.08. The molecule has 0 fully saturated rings. The number of nitrogens with two attached hydrogens (primary N) is 1. The summed E-state index contributed by atoms with van der Waals surface area (Å²) in [5.41, 5.74) is 6.47. The molecule has 2 rings (SSSR count). The van der Waals surface area contributed by atoms with Crippen molar-refractivity contribution in [1.29, 1.82) is 0 Å². The van der Waals surface area contributed by atoms with E-state index in [9.17, 15) is 0 Å². The van der Waals surface area contributed by atoms with E-state index in [0.29, 0.717) is 0 Å². The summed E-state index contributed by atoms with van der Waals surface area (Å²) in [6.07, 6.45) is 0.820. The monoisotopic (exact) mass is 260 g/mol. The minimum atomic E-state index is 0.100. The molecule has 0 saturated carbocycles. The summed E-state index contributed by atoms with van der Waals surface area (Å²) in [5.74, 6) is 5.66. The van der Waals surface area contributed by atoms with E-state index in [0.717, 1.165) is 11.4 Å². The quantitative estimate of drug-likeness (QED) is 0.653. The average Bonchev–Trinajstić information content (AvgIpc) is 2.36. The molecule has 94 valence electrons. The van der Waals surface area contributed by atoms with Crippen molar-refractivity contribution >= 4 is 11.6 Å². The zero-order valence-electron chi connectivity index (χ0n) is 10.4. The van der Waals surface area contributed by atoms with E-state index in [1.54, 1.807) is 0 Å². The van der Waals surface area contributed by atoms with Gasteiger partial charge in [0.1, 0.15) is 0 Å². The Morgan fingerprint density at radius 2 is 1.94 bits per heavy atom. The van der Waals surface area contributed by atoms with Crippen LogP contribution in [0.5, 0.6) is 0 Å². The summed E-state index contributed by atoms with van der Waals surface area (Å²) < 4.78 is 0. The summed E-state index contributed by atoms with van der Waals surface area (Å²) in [6, 6.07) is 16.3. The van der Waals surface area contributed by atoms with Gasteiger partial charge in [-0.05, 0) is 36.6 Å². The number of benzene rings is 2. The Morgan fingerprint density at radius 1 is 1.17 bits per heavy atom. The SMILES string of the molecule is Cc1cccc(C(Cc2cccc(Cl)c2)NN)c1. The highest BCUT2D eigenvalue weighted by Crippen LogP contribution is 2.20. The zero-order valence-corrected chi connectivity index (χ0v) is 11.1. The van der Waals surface area contributed by atoms with Crippen LogP contribution in [-0.4, -0.2) is 0 Å². The second-order valence-corrected chi connectivity index (χ2v) is 4.90. The fourth-order valence-corrected chi connectivity index (χ4v) is 2.27. The van der Waals surface area contributed by atoms with Gasteiger partial charge >= 0.3 is 0 Å². The van der Waals surface area contributed by atoms with Gasteiger partial charge in [-0.25, -0.2) is 0 Å². The Balaban J connectivity index is 2.19. The first-order valence-electron chi connectivity index (χ1n) is 5.96. The summed E-state index contributed by atoms with van der Waals surface area (Å²) in [7, 11) is 0. The Labute approximate surface area is 113 Å². The maximum atomic E-state index is 5.99. The van der Waals surface area contributed by atoms with Gasteiger partial charge in [-0.1, -0.05) is 53.6 Å². The number of rotatable bonds is 4. The molecule has 0 aromatic heterocycles. The van der Waals surface area contributed by atoms with Crippen LogP contribution in [0.1, 0.15) is 22.7 Å². The number of hydrogen-bond donors (Lipinski definition) is 2. The first-order chi connectivity index (χ1) is 8.69. The van der Waals surface area contributed by atoms with Gasteiger partial charge in [0.25, 0.3) is 0 Å². The molecule has 2 aromatic carbocycles. The highest BCUT2D eigenvalue weighted by molar-refractivity contribution is 6.30. The number of nitrogens with one attached hydrogen (secondary N) is 1. The van der Waals surface area contributed by atoms with Gasteiger partial charge in [-0.3, -0.25) is 11.3 Å². The Bertz CT molecular complexity index is 525. The third kappa shape index (κ3) is 3.33. The molecule has 0 bridgehead atoms. The Morgan fingerprint density at radius 3 is 2.61 bits per heavy atom. The van der Waals surface area contributed by atoms with Crippen LogP contribution >= 0.6 is 11.6 Å². The standard InChI is InChI=1S/C15H17ClN2/c1-11-4-2-6-13(8-11)15(18-17)10-12-5-3-7-14(16)9-12/h2-9,15,18H,10,17H2,1H3. The second-order valence-electron chi connectivity index (χ2n) is 4.47. The van der Waals surface area contributed by atoms with E-state index in [1.165, 1.54) is 16.7 Å². The van der Waals surface area contributed by atoms with E-state index >= 15 is 0 Å². The molecule has 2 aromatic rings. The van der Waals surface area contributed by atoms with Crippen molar-refractivity contribution in [2.45, 2.75) is 19.4 Å². The van der Waals surface area contributed by atoms with E-state index in [1.807, 2.05) is 24.3 Å². The highest BCUT2D eigenvalue weighted by atomic mass is 35.5. The van der Waals surface area contributed by atoms with Crippen LogP contribution in [0.2, 0.25) is 5.02 Å². The molecular weight excluding hydrogens is 244 g/mol. The molecule has 0 amide bonds. The number of aryl methyl sites for hydroxylation is 1. The van der Waals surface area contributed by atoms with Crippen LogP contribution in [0.15, 0.2) is 48.5 Å². The number of halogens is 1. The topological polar surface area (TPSA) is 38.0 Å². The average molecular weight is 261 g/mol. The van der Waals surface area contributed by atoms with Crippen LogP contribution in [0.3, 0.4) is 0 Å². The van der Waals surface area contributed by atoms with E-state index in [2.05, 4.69) is 36.6 Å². The molecular formula is C15H17ClN2. The molecule has 3 N–H and O–H groups in total. The first kappa shape index (κ1) is 13.1. The predicted molar refractivity (Wildman–Crippen MR) is 76.4 cm³/mol. The van der Waals surface area contributed by atoms with Crippen molar-refractivity contribution in [3.63, 3.8) is 0 Å². The molecule has 0 saturated heterocycles. The van der Waals surface area contributed by atoms with Crippen molar-refractivity contribution in [3.8, 4) is 0 Å². The highest BCUT2D eigenvalue weighted by Gasteiger charge is 2.10. The lowest BCUT2D eigenvalue weighted by Crippen LogP contribution is -2.29. The molecule has 2 nitrogen and oxygen atoms in total. The normalized spacial score (nSPS) is 12.4. The molecule has 1 atom stereocenters. The van der Waals surface area contributed by atoms with Crippen LogP contribution in [0.4, 0.5) is 0 Å². The molecule has 0 radical (unpaired) electrons. The Hall–Kier alpha value is -1.35. The maximum absolute atomic E-state index is 5.99. The molecule has 18 heavy (non-hydrogen) atoms. The zero-order chi connectivity index (χ0) is 13.0. The van der Waals surface area contributed by atoms with Gasteiger partial charge in [0.2, 0.25) is 0 Å². The third-order valence-corrected chi connectivity index (χ3v) is 3.21. The van der Waals surface area contributed by atoms with E-state index < -0.39 is 0 Å². The van der Waals surface area contributed by atoms with E-state index in [4.69, 9.17) is 17.4 Å². The second kappa shape index (κ2) is 6.01. The van der Waals surface area contributed by atoms with Gasteiger partial charge in [0, 0.05) is 11.1 Å². The molecule has 1 unspecified atom stereocenters. The van der Waals surface area contributed by atoms with Crippen LogP contribution < -0.4 is 11.3 Å². The first-order valence-corrected chi connectivity index (χ1v) is 6.34. The lowest BCUT2D eigenvalue weighted by Gasteiger charge is -2.17. The largest absolute Gasteiger partial charge is 0.271 e. The van der Waals surface area contributed by atoms with Crippen molar-refractivity contribution in [3.05, 3.63) is 70.2 Å². The van der Waals surface area contributed by atoms with Crippen molar-refractivity contribution < 1.29 is 0 Å². The summed E-state index contributed by atoms with van der Waals surface area (Å²) in [5, 5.41) is 0.757. The molecule has 0 aliphatic rings. The predicted octanol–water partition coefficient (Wildman–Crippen LogP) is 3.40. The number of hydrogen-bond acceptors (Lipinski definition) is 2. The van der Waals surface area contributed by atoms with Crippen molar-refractivity contribution in [1.82, 2.24) is 5.43 Å². The minimum absolute atomic E-state index is 0.100. The maximum Gasteiger partial charge on any atom is 0.0500 e. The lowest BCUT2D eigenvalue weighted by atomic mass is 9.98. The summed E-state index contributed by atoms with van der Waals surface area (Å²) >= 11 is 5.99. The van der Waals surface area contributed by atoms with Crippen molar-refractivity contribution in [2.75, 3.05) is 0 Å².